The predicted molar refractivity (Wildman–Crippen MR) is 131 cm³/mol. The van der Waals surface area contributed by atoms with E-state index in [1.165, 1.54) is 42.5 Å². The average molecular weight is 569 g/mol. The summed E-state index contributed by atoms with van der Waals surface area (Å²) in [6.07, 6.45) is 0. The van der Waals surface area contributed by atoms with Crippen molar-refractivity contribution >= 4 is 47.4 Å². The van der Waals surface area contributed by atoms with Crippen molar-refractivity contribution in [2.24, 2.45) is 0 Å². The molecular weight excluding hydrogens is 548 g/mol. The van der Waals surface area contributed by atoms with Gasteiger partial charge in [0.15, 0.2) is 11.5 Å². The SMILES string of the molecule is CCOc1ccc(Br)cc1S(=O)(=O)Nc1ccc(NS(=O)(=O)c2ccc3c(c2)OCCO3)cc1. The Morgan fingerprint density at radius 3 is 2.09 bits per heavy atom. The van der Waals surface area contributed by atoms with Gasteiger partial charge in [0.1, 0.15) is 23.9 Å². The zero-order valence-electron chi connectivity index (χ0n) is 17.9. The number of halogens is 1. The van der Waals surface area contributed by atoms with Gasteiger partial charge in [-0.1, -0.05) is 15.9 Å². The number of ether oxygens (including phenoxy) is 3. The van der Waals surface area contributed by atoms with E-state index in [0.717, 1.165) is 0 Å². The topological polar surface area (TPSA) is 120 Å². The van der Waals surface area contributed by atoms with Crippen LogP contribution in [0.3, 0.4) is 0 Å². The van der Waals surface area contributed by atoms with Gasteiger partial charge in [-0.05, 0) is 61.5 Å². The predicted octanol–water partition coefficient (Wildman–Crippen LogP) is 4.22. The average Bonchev–Trinajstić information content (AvgIpc) is 2.81. The summed E-state index contributed by atoms with van der Waals surface area (Å²) in [5.41, 5.74) is 0.514. The molecule has 180 valence electrons. The fourth-order valence-electron chi connectivity index (χ4n) is 3.19. The number of benzene rings is 3. The largest absolute Gasteiger partial charge is 0.492 e. The number of nitrogens with one attached hydrogen (secondary N) is 2. The maximum atomic E-state index is 12.9. The van der Waals surface area contributed by atoms with Gasteiger partial charge < -0.3 is 14.2 Å². The van der Waals surface area contributed by atoms with Crippen LogP contribution in [0.15, 0.2) is 74.9 Å². The number of hydrogen-bond donors (Lipinski definition) is 2. The molecule has 1 heterocycles. The second-order valence-corrected chi connectivity index (χ2v) is 11.4. The highest BCUT2D eigenvalue weighted by Crippen LogP contribution is 2.33. The van der Waals surface area contributed by atoms with Crippen LogP contribution in [-0.4, -0.2) is 36.7 Å². The van der Waals surface area contributed by atoms with Gasteiger partial charge in [-0.3, -0.25) is 9.44 Å². The molecule has 0 fully saturated rings. The summed E-state index contributed by atoms with van der Waals surface area (Å²) in [5.74, 6) is 1.07. The van der Waals surface area contributed by atoms with E-state index in [-0.39, 0.29) is 26.9 Å². The van der Waals surface area contributed by atoms with Crippen molar-refractivity contribution < 1.29 is 31.0 Å². The molecule has 2 N–H and O–H groups in total. The highest BCUT2D eigenvalue weighted by atomic mass is 79.9. The summed E-state index contributed by atoms with van der Waals surface area (Å²) in [6, 6.07) is 14.9. The minimum absolute atomic E-state index is 0.0136. The molecule has 1 aliphatic heterocycles. The van der Waals surface area contributed by atoms with E-state index in [1.54, 1.807) is 25.1 Å². The summed E-state index contributed by atoms with van der Waals surface area (Å²) >= 11 is 3.27. The van der Waals surface area contributed by atoms with E-state index < -0.39 is 20.0 Å². The second kappa shape index (κ2) is 9.72. The van der Waals surface area contributed by atoms with Crippen molar-refractivity contribution in [1.82, 2.24) is 0 Å². The fraction of sp³-hybridized carbons (Fsp3) is 0.182. The smallest absolute Gasteiger partial charge is 0.265 e. The first-order chi connectivity index (χ1) is 16.2. The first-order valence-electron chi connectivity index (χ1n) is 10.2. The summed E-state index contributed by atoms with van der Waals surface area (Å²) in [7, 11) is -7.86. The lowest BCUT2D eigenvalue weighted by Crippen LogP contribution is -2.17. The summed E-state index contributed by atoms with van der Waals surface area (Å²) in [5, 5.41) is 0. The Morgan fingerprint density at radius 1 is 0.824 bits per heavy atom. The van der Waals surface area contributed by atoms with Crippen LogP contribution in [0.2, 0.25) is 0 Å². The summed E-state index contributed by atoms with van der Waals surface area (Å²) in [4.78, 5) is -0.00764. The van der Waals surface area contributed by atoms with Crippen LogP contribution in [0.1, 0.15) is 6.92 Å². The molecule has 12 heteroatoms. The van der Waals surface area contributed by atoms with E-state index in [1.807, 2.05) is 0 Å². The quantitative estimate of drug-likeness (QED) is 0.417. The van der Waals surface area contributed by atoms with E-state index >= 15 is 0 Å². The van der Waals surface area contributed by atoms with Gasteiger partial charge in [0.2, 0.25) is 0 Å². The van der Waals surface area contributed by atoms with Crippen LogP contribution >= 0.6 is 15.9 Å². The molecule has 0 spiro atoms. The molecule has 0 aliphatic carbocycles. The van der Waals surface area contributed by atoms with Gasteiger partial charge in [-0.15, -0.1) is 0 Å². The number of anilines is 2. The molecule has 3 aromatic carbocycles. The lowest BCUT2D eigenvalue weighted by molar-refractivity contribution is 0.171. The highest BCUT2D eigenvalue weighted by Gasteiger charge is 2.22. The molecule has 0 bridgehead atoms. The number of sulfonamides is 2. The Morgan fingerprint density at radius 2 is 1.44 bits per heavy atom. The molecule has 0 saturated carbocycles. The molecule has 1 aliphatic rings. The Kier molecular flexibility index (Phi) is 6.91. The maximum absolute atomic E-state index is 12.9. The molecule has 0 unspecified atom stereocenters. The molecule has 0 atom stereocenters. The third-order valence-electron chi connectivity index (χ3n) is 4.71. The van der Waals surface area contributed by atoms with Gasteiger partial charge in [-0.2, -0.15) is 0 Å². The fourth-order valence-corrected chi connectivity index (χ4v) is 6.00. The van der Waals surface area contributed by atoms with E-state index in [0.29, 0.717) is 35.8 Å². The lowest BCUT2D eigenvalue weighted by atomic mass is 10.3. The minimum atomic E-state index is -3.96. The van der Waals surface area contributed by atoms with Crippen molar-refractivity contribution in [3.05, 3.63) is 65.1 Å². The zero-order chi connectivity index (χ0) is 24.3. The van der Waals surface area contributed by atoms with Crippen LogP contribution in [0.5, 0.6) is 17.2 Å². The Labute approximate surface area is 206 Å². The third kappa shape index (κ3) is 5.40. The molecule has 0 amide bonds. The van der Waals surface area contributed by atoms with Crippen molar-refractivity contribution in [2.45, 2.75) is 16.7 Å². The monoisotopic (exact) mass is 568 g/mol. The first-order valence-corrected chi connectivity index (χ1v) is 13.9. The summed E-state index contributed by atoms with van der Waals surface area (Å²) < 4.78 is 73.2. The normalized spacial score (nSPS) is 13.2. The molecule has 0 radical (unpaired) electrons. The van der Waals surface area contributed by atoms with Gasteiger partial charge in [0.05, 0.1) is 11.5 Å². The van der Waals surface area contributed by atoms with Gasteiger partial charge in [0.25, 0.3) is 20.0 Å². The van der Waals surface area contributed by atoms with Gasteiger partial charge in [-0.25, -0.2) is 16.8 Å². The van der Waals surface area contributed by atoms with Crippen molar-refractivity contribution in [3.8, 4) is 17.2 Å². The van der Waals surface area contributed by atoms with Crippen molar-refractivity contribution in [3.63, 3.8) is 0 Å². The second-order valence-electron chi connectivity index (χ2n) is 7.12. The van der Waals surface area contributed by atoms with Crippen LogP contribution in [0.25, 0.3) is 0 Å². The van der Waals surface area contributed by atoms with Crippen LogP contribution in [0.4, 0.5) is 11.4 Å². The number of rotatable bonds is 8. The van der Waals surface area contributed by atoms with Crippen LogP contribution < -0.4 is 23.7 Å². The third-order valence-corrected chi connectivity index (χ3v) is 7.98. The van der Waals surface area contributed by atoms with Crippen molar-refractivity contribution in [2.75, 3.05) is 29.3 Å². The lowest BCUT2D eigenvalue weighted by Gasteiger charge is -2.19. The minimum Gasteiger partial charge on any atom is -0.492 e. The Balaban J connectivity index is 1.51. The molecule has 34 heavy (non-hydrogen) atoms. The van der Waals surface area contributed by atoms with E-state index in [2.05, 4.69) is 25.4 Å². The van der Waals surface area contributed by atoms with Crippen LogP contribution in [0, 0.1) is 0 Å². The van der Waals surface area contributed by atoms with Crippen molar-refractivity contribution in [1.29, 1.82) is 0 Å². The van der Waals surface area contributed by atoms with Crippen LogP contribution in [-0.2, 0) is 20.0 Å². The zero-order valence-corrected chi connectivity index (χ0v) is 21.2. The first kappa shape index (κ1) is 24.2. The maximum Gasteiger partial charge on any atom is 0.265 e. The standard InChI is InChI=1S/C22H21BrN2O7S2/c1-2-30-20-9-3-15(23)13-22(20)34(28,29)25-17-6-4-16(5-7-17)24-33(26,27)18-8-10-19-21(14-18)32-12-11-31-19/h3-10,13-14,24-25H,2,11-12H2,1H3. The Hall–Kier alpha value is -2.96. The molecule has 4 rings (SSSR count). The molecule has 3 aromatic rings. The molecule has 0 aromatic heterocycles. The van der Waals surface area contributed by atoms with E-state index in [4.69, 9.17) is 14.2 Å². The molecular formula is C22H21BrN2O7S2. The number of fused-ring (bicyclic) bond motifs is 1. The number of hydrogen-bond acceptors (Lipinski definition) is 7. The highest BCUT2D eigenvalue weighted by molar-refractivity contribution is 9.10. The van der Waals surface area contributed by atoms with Gasteiger partial charge in [0, 0.05) is 21.9 Å². The van der Waals surface area contributed by atoms with Gasteiger partial charge >= 0.3 is 0 Å². The van der Waals surface area contributed by atoms with E-state index in [9.17, 15) is 16.8 Å². The molecule has 9 nitrogen and oxygen atoms in total. The summed E-state index contributed by atoms with van der Waals surface area (Å²) in [6.45, 7) is 2.81. The Bertz CT molecular complexity index is 1410. The molecule has 0 saturated heterocycles.